The van der Waals surface area contributed by atoms with Gasteiger partial charge in [0.15, 0.2) is 5.78 Å². The summed E-state index contributed by atoms with van der Waals surface area (Å²) in [5.74, 6) is -0.0570. The minimum absolute atomic E-state index is 0.105. The number of nitrogens with zero attached hydrogens (tertiary/aromatic N) is 2. The van der Waals surface area contributed by atoms with Crippen molar-refractivity contribution in [3.63, 3.8) is 0 Å². The SMILES string of the molecule is N#CC1CCC(=O)C=C1c1ccncc1. The average Bonchev–Trinajstić information content (AvgIpc) is 2.30. The molecule has 3 heteroatoms. The highest BCUT2D eigenvalue weighted by molar-refractivity contribution is 5.99. The summed E-state index contributed by atoms with van der Waals surface area (Å²) in [6, 6.07) is 5.89. The van der Waals surface area contributed by atoms with Crippen molar-refractivity contribution in [3.8, 4) is 6.07 Å². The van der Waals surface area contributed by atoms with Crippen LogP contribution in [0.25, 0.3) is 5.57 Å². The Bertz CT molecular complexity index is 442. The highest BCUT2D eigenvalue weighted by atomic mass is 16.1. The molecule has 1 atom stereocenters. The average molecular weight is 198 g/mol. The molecule has 1 aliphatic carbocycles. The number of rotatable bonds is 1. The number of carbonyl (C=O) groups excluding carboxylic acids is 1. The minimum Gasteiger partial charge on any atom is -0.295 e. The molecule has 0 bridgehead atoms. The predicted molar refractivity (Wildman–Crippen MR) is 55.6 cm³/mol. The fourth-order valence-electron chi connectivity index (χ4n) is 1.75. The number of ketones is 1. The van der Waals surface area contributed by atoms with Crippen LogP contribution in [0.4, 0.5) is 0 Å². The van der Waals surface area contributed by atoms with E-state index in [1.54, 1.807) is 18.5 Å². The maximum absolute atomic E-state index is 11.3. The van der Waals surface area contributed by atoms with Gasteiger partial charge < -0.3 is 0 Å². The summed E-state index contributed by atoms with van der Waals surface area (Å²) in [6.45, 7) is 0. The van der Waals surface area contributed by atoms with E-state index in [0.29, 0.717) is 12.8 Å². The Morgan fingerprint density at radius 2 is 2.13 bits per heavy atom. The van der Waals surface area contributed by atoms with Crippen molar-refractivity contribution in [2.24, 2.45) is 5.92 Å². The Labute approximate surface area is 88.1 Å². The summed E-state index contributed by atoms with van der Waals surface area (Å²) < 4.78 is 0. The lowest BCUT2D eigenvalue weighted by Gasteiger charge is -2.17. The van der Waals surface area contributed by atoms with Crippen molar-refractivity contribution >= 4 is 11.4 Å². The van der Waals surface area contributed by atoms with Gasteiger partial charge in [0.1, 0.15) is 0 Å². The number of pyridine rings is 1. The van der Waals surface area contributed by atoms with Gasteiger partial charge in [-0.15, -0.1) is 0 Å². The van der Waals surface area contributed by atoms with Gasteiger partial charge in [-0.2, -0.15) is 5.26 Å². The smallest absolute Gasteiger partial charge is 0.156 e. The standard InChI is InChI=1S/C12H10N2O/c13-8-10-1-2-11(15)7-12(10)9-3-5-14-6-4-9/h3-7,10H,1-2H2. The van der Waals surface area contributed by atoms with Gasteiger partial charge in [-0.3, -0.25) is 9.78 Å². The normalized spacial score (nSPS) is 20.6. The lowest BCUT2D eigenvalue weighted by atomic mass is 9.84. The third-order valence-electron chi connectivity index (χ3n) is 2.54. The molecule has 0 saturated heterocycles. The second-order valence-electron chi connectivity index (χ2n) is 3.52. The molecule has 2 rings (SSSR count). The number of allylic oxidation sites excluding steroid dienone is 2. The predicted octanol–water partition coefficient (Wildman–Crippen LogP) is 1.97. The van der Waals surface area contributed by atoms with E-state index in [2.05, 4.69) is 11.1 Å². The first kappa shape index (κ1) is 9.60. The monoisotopic (exact) mass is 198 g/mol. The lowest BCUT2D eigenvalue weighted by molar-refractivity contribution is -0.115. The molecule has 1 aromatic rings. The number of aromatic nitrogens is 1. The van der Waals surface area contributed by atoms with Crippen molar-refractivity contribution < 1.29 is 4.79 Å². The van der Waals surface area contributed by atoms with Gasteiger partial charge in [0.05, 0.1) is 12.0 Å². The first-order valence-electron chi connectivity index (χ1n) is 4.85. The van der Waals surface area contributed by atoms with E-state index < -0.39 is 0 Å². The molecule has 0 aromatic carbocycles. The van der Waals surface area contributed by atoms with Gasteiger partial charge in [0.25, 0.3) is 0 Å². The number of nitriles is 1. The van der Waals surface area contributed by atoms with E-state index in [1.807, 2.05) is 12.1 Å². The first-order chi connectivity index (χ1) is 7.31. The van der Waals surface area contributed by atoms with E-state index in [0.717, 1.165) is 11.1 Å². The number of hydrogen-bond acceptors (Lipinski definition) is 3. The molecule has 74 valence electrons. The molecular formula is C12H10N2O. The van der Waals surface area contributed by atoms with Crippen LogP contribution >= 0.6 is 0 Å². The van der Waals surface area contributed by atoms with Crippen LogP contribution in [0.3, 0.4) is 0 Å². The van der Waals surface area contributed by atoms with E-state index in [4.69, 9.17) is 5.26 Å². The van der Waals surface area contributed by atoms with E-state index >= 15 is 0 Å². The van der Waals surface area contributed by atoms with E-state index in [-0.39, 0.29) is 11.7 Å². The third kappa shape index (κ3) is 1.94. The molecule has 1 aliphatic rings. The van der Waals surface area contributed by atoms with Gasteiger partial charge in [-0.1, -0.05) is 0 Å². The van der Waals surface area contributed by atoms with Crippen molar-refractivity contribution in [1.82, 2.24) is 4.98 Å². The third-order valence-corrected chi connectivity index (χ3v) is 2.54. The van der Waals surface area contributed by atoms with Crippen LogP contribution in [0.2, 0.25) is 0 Å². The van der Waals surface area contributed by atoms with Crippen LogP contribution in [0.15, 0.2) is 30.6 Å². The molecule has 1 unspecified atom stereocenters. The quantitative estimate of drug-likeness (QED) is 0.693. The van der Waals surface area contributed by atoms with Gasteiger partial charge in [-0.25, -0.2) is 0 Å². The van der Waals surface area contributed by atoms with Crippen molar-refractivity contribution in [1.29, 1.82) is 5.26 Å². The molecule has 3 nitrogen and oxygen atoms in total. The summed E-state index contributed by atoms with van der Waals surface area (Å²) in [6.07, 6.45) is 6.04. The Balaban J connectivity index is 2.42. The highest BCUT2D eigenvalue weighted by Gasteiger charge is 2.22. The van der Waals surface area contributed by atoms with Crippen LogP contribution in [-0.2, 0) is 4.79 Å². The van der Waals surface area contributed by atoms with Crippen molar-refractivity contribution in [3.05, 3.63) is 36.2 Å². The van der Waals surface area contributed by atoms with Crippen LogP contribution < -0.4 is 0 Å². The van der Waals surface area contributed by atoms with Crippen LogP contribution in [0.1, 0.15) is 18.4 Å². The Morgan fingerprint density at radius 1 is 1.40 bits per heavy atom. The summed E-state index contributed by atoms with van der Waals surface area (Å²) in [7, 11) is 0. The van der Waals surface area contributed by atoms with Gasteiger partial charge in [-0.05, 0) is 35.8 Å². The summed E-state index contributed by atoms with van der Waals surface area (Å²) in [5, 5.41) is 8.99. The van der Waals surface area contributed by atoms with E-state index in [1.165, 1.54) is 0 Å². The van der Waals surface area contributed by atoms with Crippen LogP contribution in [0, 0.1) is 17.2 Å². The van der Waals surface area contributed by atoms with E-state index in [9.17, 15) is 4.79 Å². The molecule has 0 N–H and O–H groups in total. The minimum atomic E-state index is -0.162. The molecule has 0 fully saturated rings. The zero-order valence-corrected chi connectivity index (χ0v) is 8.18. The zero-order chi connectivity index (χ0) is 10.7. The van der Waals surface area contributed by atoms with Gasteiger partial charge >= 0.3 is 0 Å². The molecule has 0 aliphatic heterocycles. The second-order valence-corrected chi connectivity index (χ2v) is 3.52. The molecule has 0 radical (unpaired) electrons. The fraction of sp³-hybridized carbons (Fsp3) is 0.250. The zero-order valence-electron chi connectivity index (χ0n) is 8.18. The molecule has 0 amide bonds. The summed E-state index contributed by atoms with van der Waals surface area (Å²) in [4.78, 5) is 15.2. The molecule has 15 heavy (non-hydrogen) atoms. The lowest BCUT2D eigenvalue weighted by Crippen LogP contribution is -2.11. The second kappa shape index (κ2) is 4.05. The first-order valence-corrected chi connectivity index (χ1v) is 4.85. The Kier molecular flexibility index (Phi) is 2.59. The Morgan fingerprint density at radius 3 is 2.80 bits per heavy atom. The van der Waals surface area contributed by atoms with Crippen LogP contribution in [-0.4, -0.2) is 10.8 Å². The van der Waals surface area contributed by atoms with Gasteiger partial charge in [0.2, 0.25) is 0 Å². The van der Waals surface area contributed by atoms with Crippen molar-refractivity contribution in [2.75, 3.05) is 0 Å². The number of hydrogen-bond donors (Lipinski definition) is 0. The van der Waals surface area contributed by atoms with Crippen molar-refractivity contribution in [2.45, 2.75) is 12.8 Å². The molecule has 1 heterocycles. The molecular weight excluding hydrogens is 188 g/mol. The van der Waals surface area contributed by atoms with Crippen LogP contribution in [0.5, 0.6) is 0 Å². The Hall–Kier alpha value is -1.95. The summed E-state index contributed by atoms with van der Waals surface area (Å²) >= 11 is 0. The highest BCUT2D eigenvalue weighted by Crippen LogP contribution is 2.30. The molecule has 0 saturated carbocycles. The van der Waals surface area contributed by atoms with Gasteiger partial charge in [0, 0.05) is 18.8 Å². The summed E-state index contributed by atoms with van der Waals surface area (Å²) in [5.41, 5.74) is 1.75. The topological polar surface area (TPSA) is 53.8 Å². The molecule has 1 aromatic heterocycles. The number of carbonyl (C=O) groups is 1. The fourth-order valence-corrected chi connectivity index (χ4v) is 1.75. The maximum atomic E-state index is 11.3. The maximum Gasteiger partial charge on any atom is 0.156 e. The largest absolute Gasteiger partial charge is 0.295 e. The molecule has 0 spiro atoms.